The Kier molecular flexibility index (Phi) is 7.86. The lowest BCUT2D eigenvalue weighted by molar-refractivity contribution is -0.149. The van der Waals surface area contributed by atoms with Crippen molar-refractivity contribution in [2.45, 2.75) is 52.9 Å². The number of ketones is 1. The molecule has 0 aliphatic heterocycles. The number of hydrogen-bond donors (Lipinski definition) is 0. The number of carbonyl (C=O) groups is 2. The lowest BCUT2D eigenvalue weighted by atomic mass is 9.92. The summed E-state index contributed by atoms with van der Waals surface area (Å²) in [6.07, 6.45) is 3.85. The predicted molar refractivity (Wildman–Crippen MR) is 64.1 cm³/mol. The molecule has 1 unspecified atom stereocenters. The van der Waals surface area contributed by atoms with Crippen LogP contribution in [0.4, 0.5) is 0 Å². The Labute approximate surface area is 98.6 Å². The van der Waals surface area contributed by atoms with Gasteiger partial charge >= 0.3 is 5.97 Å². The SMILES string of the molecule is CCCCC(C(=O)CCC(C)C)C(=O)OC. The Bertz CT molecular complexity index is 221. The van der Waals surface area contributed by atoms with E-state index in [2.05, 4.69) is 18.6 Å². The summed E-state index contributed by atoms with van der Waals surface area (Å²) in [5.74, 6) is -0.381. The first kappa shape index (κ1) is 15.1. The zero-order valence-corrected chi connectivity index (χ0v) is 10.9. The third-order valence-electron chi connectivity index (χ3n) is 2.69. The minimum Gasteiger partial charge on any atom is -0.468 e. The summed E-state index contributed by atoms with van der Waals surface area (Å²) in [7, 11) is 1.34. The van der Waals surface area contributed by atoms with Crippen molar-refractivity contribution >= 4 is 11.8 Å². The van der Waals surface area contributed by atoms with Gasteiger partial charge in [0.25, 0.3) is 0 Å². The van der Waals surface area contributed by atoms with E-state index in [9.17, 15) is 9.59 Å². The van der Waals surface area contributed by atoms with Gasteiger partial charge in [0.15, 0.2) is 0 Å². The molecule has 0 aliphatic rings. The zero-order valence-electron chi connectivity index (χ0n) is 10.9. The van der Waals surface area contributed by atoms with Gasteiger partial charge in [0.1, 0.15) is 11.7 Å². The van der Waals surface area contributed by atoms with E-state index in [1.807, 2.05) is 6.92 Å². The van der Waals surface area contributed by atoms with Gasteiger partial charge < -0.3 is 4.74 Å². The Balaban J connectivity index is 4.26. The van der Waals surface area contributed by atoms with Crippen molar-refractivity contribution in [3.05, 3.63) is 0 Å². The summed E-state index contributed by atoms with van der Waals surface area (Å²) < 4.78 is 4.68. The lowest BCUT2D eigenvalue weighted by Crippen LogP contribution is -2.25. The second-order valence-corrected chi connectivity index (χ2v) is 4.62. The molecular weight excluding hydrogens is 204 g/mol. The van der Waals surface area contributed by atoms with Gasteiger partial charge in [0.2, 0.25) is 0 Å². The Morgan fingerprint density at radius 2 is 1.81 bits per heavy atom. The minimum absolute atomic E-state index is 0.0361. The van der Waals surface area contributed by atoms with Crippen molar-refractivity contribution in [3.63, 3.8) is 0 Å². The van der Waals surface area contributed by atoms with Crippen LogP contribution in [0.15, 0.2) is 0 Å². The van der Waals surface area contributed by atoms with Gasteiger partial charge in [-0.1, -0.05) is 33.6 Å². The molecule has 0 saturated carbocycles. The standard InChI is InChI=1S/C13H24O3/c1-5-6-7-11(13(15)16-4)12(14)9-8-10(2)3/h10-11H,5-9H2,1-4H3. The fraction of sp³-hybridized carbons (Fsp3) is 0.846. The molecular formula is C13H24O3. The molecule has 0 N–H and O–H groups in total. The van der Waals surface area contributed by atoms with Crippen LogP contribution in [-0.4, -0.2) is 18.9 Å². The first-order valence-electron chi connectivity index (χ1n) is 6.13. The molecule has 0 bridgehead atoms. The van der Waals surface area contributed by atoms with Crippen LogP contribution in [0.25, 0.3) is 0 Å². The second-order valence-electron chi connectivity index (χ2n) is 4.62. The van der Waals surface area contributed by atoms with Crippen LogP contribution in [0, 0.1) is 11.8 Å². The van der Waals surface area contributed by atoms with Crippen molar-refractivity contribution in [1.29, 1.82) is 0 Å². The van der Waals surface area contributed by atoms with Gasteiger partial charge in [-0.25, -0.2) is 0 Å². The van der Waals surface area contributed by atoms with Gasteiger partial charge in [0, 0.05) is 6.42 Å². The van der Waals surface area contributed by atoms with Crippen LogP contribution in [0.2, 0.25) is 0 Å². The van der Waals surface area contributed by atoms with Gasteiger partial charge in [-0.2, -0.15) is 0 Å². The summed E-state index contributed by atoms with van der Waals surface area (Å²) >= 11 is 0. The molecule has 0 heterocycles. The quantitative estimate of drug-likeness (QED) is 0.474. The largest absolute Gasteiger partial charge is 0.468 e. The van der Waals surface area contributed by atoms with Crippen LogP contribution in [0.5, 0.6) is 0 Å². The van der Waals surface area contributed by atoms with Crippen LogP contribution in [0.1, 0.15) is 52.9 Å². The van der Waals surface area contributed by atoms with E-state index >= 15 is 0 Å². The van der Waals surface area contributed by atoms with E-state index in [-0.39, 0.29) is 11.8 Å². The third kappa shape index (κ3) is 5.89. The number of rotatable bonds is 8. The summed E-state index contributed by atoms with van der Waals surface area (Å²) in [6.45, 7) is 6.20. The van der Waals surface area contributed by atoms with Crippen LogP contribution < -0.4 is 0 Å². The maximum Gasteiger partial charge on any atom is 0.316 e. The van der Waals surface area contributed by atoms with Crippen molar-refractivity contribution in [1.82, 2.24) is 0 Å². The molecule has 0 aliphatic carbocycles. The van der Waals surface area contributed by atoms with Crippen LogP contribution >= 0.6 is 0 Å². The Morgan fingerprint density at radius 1 is 1.19 bits per heavy atom. The Hall–Kier alpha value is -0.860. The highest BCUT2D eigenvalue weighted by Gasteiger charge is 2.26. The van der Waals surface area contributed by atoms with E-state index < -0.39 is 5.92 Å². The molecule has 0 amide bonds. The normalized spacial score (nSPS) is 12.6. The van der Waals surface area contributed by atoms with E-state index in [1.165, 1.54) is 7.11 Å². The van der Waals surface area contributed by atoms with Crippen LogP contribution in [0.3, 0.4) is 0 Å². The van der Waals surface area contributed by atoms with Gasteiger partial charge in [0.05, 0.1) is 7.11 Å². The molecule has 0 spiro atoms. The van der Waals surface area contributed by atoms with Crippen molar-refractivity contribution in [3.8, 4) is 0 Å². The highest BCUT2D eigenvalue weighted by Crippen LogP contribution is 2.16. The number of Topliss-reactive ketones (excluding diaryl/α,β-unsaturated/α-hetero) is 1. The predicted octanol–water partition coefficient (Wildman–Crippen LogP) is 2.97. The summed E-state index contributed by atoms with van der Waals surface area (Å²) in [6, 6.07) is 0. The summed E-state index contributed by atoms with van der Waals surface area (Å²) in [4.78, 5) is 23.3. The molecule has 0 aromatic carbocycles. The van der Waals surface area contributed by atoms with Gasteiger partial charge in [-0.3, -0.25) is 9.59 Å². The highest BCUT2D eigenvalue weighted by molar-refractivity contribution is 5.98. The van der Waals surface area contributed by atoms with Gasteiger partial charge in [-0.05, 0) is 18.8 Å². The monoisotopic (exact) mass is 228 g/mol. The third-order valence-corrected chi connectivity index (χ3v) is 2.69. The average Bonchev–Trinajstić information content (AvgIpc) is 2.26. The molecule has 1 atom stereocenters. The topological polar surface area (TPSA) is 43.4 Å². The molecule has 0 radical (unpaired) electrons. The van der Waals surface area contributed by atoms with E-state index in [0.717, 1.165) is 19.3 Å². The van der Waals surface area contributed by atoms with Crippen molar-refractivity contribution in [2.24, 2.45) is 11.8 Å². The number of ether oxygens (including phenoxy) is 1. The summed E-state index contributed by atoms with van der Waals surface area (Å²) in [5.41, 5.74) is 0. The van der Waals surface area contributed by atoms with E-state index in [0.29, 0.717) is 18.8 Å². The van der Waals surface area contributed by atoms with Crippen molar-refractivity contribution in [2.75, 3.05) is 7.11 Å². The molecule has 0 rings (SSSR count). The first-order chi connectivity index (χ1) is 7.52. The molecule has 0 fully saturated rings. The highest BCUT2D eigenvalue weighted by atomic mass is 16.5. The zero-order chi connectivity index (χ0) is 12.6. The number of carbonyl (C=O) groups excluding carboxylic acids is 2. The minimum atomic E-state index is -0.538. The molecule has 3 nitrogen and oxygen atoms in total. The smallest absolute Gasteiger partial charge is 0.316 e. The molecule has 16 heavy (non-hydrogen) atoms. The molecule has 3 heteroatoms. The number of hydrogen-bond acceptors (Lipinski definition) is 3. The van der Waals surface area contributed by atoms with Crippen molar-refractivity contribution < 1.29 is 14.3 Å². The fourth-order valence-electron chi connectivity index (χ4n) is 1.57. The molecule has 94 valence electrons. The molecule has 0 aromatic heterocycles. The fourth-order valence-corrected chi connectivity index (χ4v) is 1.57. The lowest BCUT2D eigenvalue weighted by Gasteiger charge is -2.13. The number of unbranched alkanes of at least 4 members (excludes halogenated alkanes) is 1. The van der Waals surface area contributed by atoms with E-state index in [4.69, 9.17) is 0 Å². The Morgan fingerprint density at radius 3 is 2.25 bits per heavy atom. The molecule has 0 aromatic rings. The molecule has 0 saturated heterocycles. The number of methoxy groups -OCH3 is 1. The second kappa shape index (κ2) is 8.31. The maximum atomic E-state index is 11.9. The van der Waals surface area contributed by atoms with Gasteiger partial charge in [-0.15, -0.1) is 0 Å². The summed E-state index contributed by atoms with van der Waals surface area (Å²) in [5, 5.41) is 0. The van der Waals surface area contributed by atoms with E-state index in [1.54, 1.807) is 0 Å². The number of esters is 1. The first-order valence-corrected chi connectivity index (χ1v) is 6.13. The maximum absolute atomic E-state index is 11.9. The van der Waals surface area contributed by atoms with Crippen LogP contribution in [-0.2, 0) is 14.3 Å². The average molecular weight is 228 g/mol.